The normalized spacial score (nSPS) is 10.6. The molecule has 0 aliphatic carbocycles. The van der Waals surface area contributed by atoms with Gasteiger partial charge in [-0.05, 0) is 65.0 Å². The fraction of sp³-hybridized carbons (Fsp3) is 0.267. The molecule has 1 aromatic carbocycles. The average Bonchev–Trinajstić information content (AvgIpc) is 2.36. The number of aromatic nitrogens is 1. The third kappa shape index (κ3) is 3.48. The quantitative estimate of drug-likeness (QED) is 0.793. The number of nitrogens with one attached hydrogen (secondary N) is 1. The molecule has 2 nitrogen and oxygen atoms in total. The molecule has 0 bridgehead atoms. The Kier molecular flexibility index (Phi) is 4.48. The van der Waals surface area contributed by atoms with Gasteiger partial charge >= 0.3 is 0 Å². The highest BCUT2D eigenvalue weighted by molar-refractivity contribution is 9.10. The van der Waals surface area contributed by atoms with Gasteiger partial charge in [-0.15, -0.1) is 0 Å². The van der Waals surface area contributed by atoms with Gasteiger partial charge in [0.1, 0.15) is 5.15 Å². The zero-order valence-corrected chi connectivity index (χ0v) is 13.6. The molecule has 100 valence electrons. The monoisotopic (exact) mass is 338 g/mol. The number of nitrogens with zero attached hydrogens (tertiary/aromatic N) is 1. The first-order valence-electron chi connectivity index (χ1n) is 6.09. The molecule has 0 saturated carbocycles. The second-order valence-electron chi connectivity index (χ2n) is 4.71. The van der Waals surface area contributed by atoms with Crippen LogP contribution in [0.4, 0.5) is 5.69 Å². The van der Waals surface area contributed by atoms with E-state index in [1.807, 2.05) is 6.07 Å². The van der Waals surface area contributed by atoms with Crippen molar-refractivity contribution in [3.05, 3.63) is 56.3 Å². The smallest absolute Gasteiger partial charge is 0.143 e. The minimum atomic E-state index is 0.480. The van der Waals surface area contributed by atoms with E-state index in [1.54, 1.807) is 6.20 Å². The van der Waals surface area contributed by atoms with Crippen LogP contribution in [0, 0.1) is 20.8 Å². The van der Waals surface area contributed by atoms with Gasteiger partial charge in [0, 0.05) is 6.54 Å². The highest BCUT2D eigenvalue weighted by Gasteiger charge is 2.04. The standard InChI is InChI=1S/C15H16BrClN2/c1-9-4-11(3)12(5-10(9)2)7-18-13-6-14(16)15(17)19-8-13/h4-6,8,18H,7H2,1-3H3. The number of halogens is 2. The van der Waals surface area contributed by atoms with Crippen molar-refractivity contribution < 1.29 is 0 Å². The van der Waals surface area contributed by atoms with Crippen LogP contribution in [0.1, 0.15) is 22.3 Å². The van der Waals surface area contributed by atoms with Crippen molar-refractivity contribution in [1.82, 2.24) is 4.98 Å². The zero-order chi connectivity index (χ0) is 14.0. The van der Waals surface area contributed by atoms with E-state index in [0.29, 0.717) is 5.15 Å². The van der Waals surface area contributed by atoms with Crippen LogP contribution in [0.2, 0.25) is 5.15 Å². The van der Waals surface area contributed by atoms with Crippen LogP contribution in [0.15, 0.2) is 28.9 Å². The Labute approximate surface area is 127 Å². The predicted octanol–water partition coefficient (Wildman–Crippen LogP) is 5.03. The van der Waals surface area contributed by atoms with Crippen LogP contribution in [0.3, 0.4) is 0 Å². The maximum Gasteiger partial charge on any atom is 0.143 e. The maximum atomic E-state index is 5.88. The molecule has 0 aliphatic heterocycles. The number of aryl methyl sites for hydroxylation is 3. The highest BCUT2D eigenvalue weighted by Crippen LogP contribution is 2.23. The summed E-state index contributed by atoms with van der Waals surface area (Å²) in [6.07, 6.45) is 1.74. The summed E-state index contributed by atoms with van der Waals surface area (Å²) in [6.45, 7) is 7.20. The van der Waals surface area contributed by atoms with Crippen molar-refractivity contribution in [3.63, 3.8) is 0 Å². The lowest BCUT2D eigenvalue weighted by molar-refractivity contribution is 1.09. The minimum Gasteiger partial charge on any atom is -0.380 e. The molecule has 0 spiro atoms. The summed E-state index contributed by atoms with van der Waals surface area (Å²) < 4.78 is 0.802. The third-order valence-electron chi connectivity index (χ3n) is 3.23. The summed E-state index contributed by atoms with van der Waals surface area (Å²) in [7, 11) is 0. The van der Waals surface area contributed by atoms with E-state index in [1.165, 1.54) is 22.3 Å². The van der Waals surface area contributed by atoms with E-state index in [2.05, 4.69) is 59.1 Å². The van der Waals surface area contributed by atoms with Gasteiger partial charge < -0.3 is 5.32 Å². The number of hydrogen-bond acceptors (Lipinski definition) is 2. The van der Waals surface area contributed by atoms with Crippen molar-refractivity contribution in [3.8, 4) is 0 Å². The van der Waals surface area contributed by atoms with Crippen LogP contribution in [-0.2, 0) is 6.54 Å². The Hall–Kier alpha value is -1.06. The fourth-order valence-electron chi connectivity index (χ4n) is 1.93. The second-order valence-corrected chi connectivity index (χ2v) is 5.93. The van der Waals surface area contributed by atoms with Gasteiger partial charge in [0.15, 0.2) is 0 Å². The molecule has 0 atom stereocenters. The molecule has 0 amide bonds. The Bertz CT molecular complexity index is 611. The Morgan fingerprint density at radius 1 is 1.11 bits per heavy atom. The molecular formula is C15H16BrClN2. The molecule has 1 N–H and O–H groups in total. The average molecular weight is 340 g/mol. The fourth-order valence-corrected chi connectivity index (χ4v) is 2.38. The first-order chi connectivity index (χ1) is 8.97. The number of anilines is 1. The largest absolute Gasteiger partial charge is 0.380 e. The summed E-state index contributed by atoms with van der Waals surface area (Å²) in [5.74, 6) is 0. The molecule has 2 aromatic rings. The van der Waals surface area contributed by atoms with E-state index in [0.717, 1.165) is 16.7 Å². The van der Waals surface area contributed by atoms with Gasteiger partial charge in [0.25, 0.3) is 0 Å². The lowest BCUT2D eigenvalue weighted by Crippen LogP contribution is -2.03. The second kappa shape index (κ2) is 5.93. The van der Waals surface area contributed by atoms with Crippen LogP contribution in [0.25, 0.3) is 0 Å². The molecule has 19 heavy (non-hydrogen) atoms. The van der Waals surface area contributed by atoms with E-state index >= 15 is 0 Å². The number of benzene rings is 1. The summed E-state index contributed by atoms with van der Waals surface area (Å²) in [5.41, 5.74) is 6.20. The Morgan fingerprint density at radius 3 is 2.47 bits per heavy atom. The maximum absolute atomic E-state index is 5.88. The Balaban J connectivity index is 2.14. The summed E-state index contributed by atoms with van der Waals surface area (Å²) in [4.78, 5) is 4.10. The minimum absolute atomic E-state index is 0.480. The third-order valence-corrected chi connectivity index (χ3v) is 4.37. The molecular weight excluding hydrogens is 324 g/mol. The highest BCUT2D eigenvalue weighted by atomic mass is 79.9. The molecule has 0 aliphatic rings. The van der Waals surface area contributed by atoms with Crippen LogP contribution >= 0.6 is 27.5 Å². The number of pyridine rings is 1. The van der Waals surface area contributed by atoms with Crippen molar-refractivity contribution in [2.45, 2.75) is 27.3 Å². The van der Waals surface area contributed by atoms with Crippen molar-refractivity contribution in [1.29, 1.82) is 0 Å². The SMILES string of the molecule is Cc1cc(C)c(CNc2cnc(Cl)c(Br)c2)cc1C. The molecule has 4 heteroatoms. The van der Waals surface area contributed by atoms with Gasteiger partial charge in [-0.25, -0.2) is 4.98 Å². The zero-order valence-electron chi connectivity index (χ0n) is 11.2. The molecule has 2 rings (SSSR count). The topological polar surface area (TPSA) is 24.9 Å². The number of hydrogen-bond donors (Lipinski definition) is 1. The lowest BCUT2D eigenvalue weighted by atomic mass is 10.0. The molecule has 0 unspecified atom stereocenters. The number of rotatable bonds is 3. The van der Waals surface area contributed by atoms with Gasteiger partial charge in [-0.3, -0.25) is 0 Å². The van der Waals surface area contributed by atoms with E-state index in [9.17, 15) is 0 Å². The molecule has 0 radical (unpaired) electrons. The van der Waals surface area contributed by atoms with Gasteiger partial charge in [-0.2, -0.15) is 0 Å². The predicted molar refractivity (Wildman–Crippen MR) is 84.9 cm³/mol. The van der Waals surface area contributed by atoms with E-state index in [-0.39, 0.29) is 0 Å². The molecule has 0 saturated heterocycles. The molecule has 0 fully saturated rings. The Morgan fingerprint density at radius 2 is 1.79 bits per heavy atom. The first-order valence-corrected chi connectivity index (χ1v) is 7.26. The van der Waals surface area contributed by atoms with Gasteiger partial charge in [0.2, 0.25) is 0 Å². The van der Waals surface area contributed by atoms with Crippen molar-refractivity contribution in [2.24, 2.45) is 0 Å². The molecule has 1 aromatic heterocycles. The summed E-state index contributed by atoms with van der Waals surface area (Å²) in [6, 6.07) is 6.39. The first kappa shape index (κ1) is 14.4. The van der Waals surface area contributed by atoms with Crippen molar-refractivity contribution in [2.75, 3.05) is 5.32 Å². The summed E-state index contributed by atoms with van der Waals surface area (Å²) in [5, 5.41) is 3.84. The lowest BCUT2D eigenvalue weighted by Gasteiger charge is -2.12. The van der Waals surface area contributed by atoms with Crippen LogP contribution in [0.5, 0.6) is 0 Å². The van der Waals surface area contributed by atoms with Gasteiger partial charge in [0.05, 0.1) is 16.4 Å². The van der Waals surface area contributed by atoms with Crippen LogP contribution < -0.4 is 5.32 Å². The summed E-state index contributed by atoms with van der Waals surface area (Å²) >= 11 is 9.25. The van der Waals surface area contributed by atoms with Crippen LogP contribution in [-0.4, -0.2) is 4.98 Å². The molecule has 1 heterocycles. The van der Waals surface area contributed by atoms with Crippen molar-refractivity contribution >= 4 is 33.2 Å². The van der Waals surface area contributed by atoms with Gasteiger partial charge in [-0.1, -0.05) is 23.7 Å². The van der Waals surface area contributed by atoms with E-state index in [4.69, 9.17) is 11.6 Å². The van der Waals surface area contributed by atoms with E-state index < -0.39 is 0 Å².